The summed E-state index contributed by atoms with van der Waals surface area (Å²) in [6.45, 7) is 8.10. The van der Waals surface area contributed by atoms with Gasteiger partial charge >= 0.3 is 0 Å². The van der Waals surface area contributed by atoms with Gasteiger partial charge in [-0.1, -0.05) is 55.8 Å². The lowest BCUT2D eigenvalue weighted by Gasteiger charge is -2.33. The summed E-state index contributed by atoms with van der Waals surface area (Å²) < 4.78 is 27.0. The van der Waals surface area contributed by atoms with Gasteiger partial charge in [-0.2, -0.15) is 9.41 Å². The van der Waals surface area contributed by atoms with Crippen LogP contribution < -0.4 is 5.43 Å². The molecule has 2 aromatic carbocycles. The van der Waals surface area contributed by atoms with Crippen LogP contribution in [0.3, 0.4) is 0 Å². The molecule has 0 aliphatic carbocycles. The number of carbonyl (C=O) groups is 1. The van der Waals surface area contributed by atoms with E-state index in [1.165, 1.54) is 9.87 Å². The third kappa shape index (κ3) is 6.22. The molecule has 0 spiro atoms. The van der Waals surface area contributed by atoms with Crippen LogP contribution in [-0.2, 0) is 14.8 Å². The number of sulfonamides is 1. The Morgan fingerprint density at radius 1 is 1.03 bits per heavy atom. The molecule has 8 heteroatoms. The fourth-order valence-corrected chi connectivity index (χ4v) is 4.79. The second-order valence-corrected chi connectivity index (χ2v) is 10.0. The Morgan fingerprint density at radius 3 is 2.23 bits per heavy atom. The molecule has 1 saturated heterocycles. The Labute approximate surface area is 184 Å². The average molecular weight is 443 g/mol. The summed E-state index contributed by atoms with van der Waals surface area (Å²) in [4.78, 5) is 14.4. The molecule has 1 N–H and O–H groups in total. The van der Waals surface area contributed by atoms with E-state index in [9.17, 15) is 13.2 Å². The van der Waals surface area contributed by atoms with Gasteiger partial charge in [0.25, 0.3) is 5.91 Å². The van der Waals surface area contributed by atoms with Gasteiger partial charge in [-0.05, 0) is 36.1 Å². The Morgan fingerprint density at radius 2 is 1.65 bits per heavy atom. The zero-order chi connectivity index (χ0) is 22.4. The second-order valence-electron chi connectivity index (χ2n) is 8.11. The number of amides is 1. The van der Waals surface area contributed by atoms with E-state index in [1.807, 2.05) is 24.0 Å². The minimum Gasteiger partial charge on any atom is -0.292 e. The van der Waals surface area contributed by atoms with Crippen LogP contribution in [0.15, 0.2) is 58.5 Å². The molecule has 1 aliphatic heterocycles. The van der Waals surface area contributed by atoms with Crippen molar-refractivity contribution in [3.8, 4) is 0 Å². The molecular weight excluding hydrogens is 412 g/mol. The molecule has 1 amide bonds. The quantitative estimate of drug-likeness (QED) is 0.528. The molecule has 1 fully saturated rings. The minimum atomic E-state index is -3.50. The Bertz CT molecular complexity index is 1010. The van der Waals surface area contributed by atoms with E-state index in [-0.39, 0.29) is 12.5 Å². The maximum atomic E-state index is 12.8. The van der Waals surface area contributed by atoms with Gasteiger partial charge in [0.1, 0.15) is 0 Å². The maximum absolute atomic E-state index is 12.8. The van der Waals surface area contributed by atoms with E-state index in [2.05, 4.69) is 36.5 Å². The standard InChI is InChI=1S/C23H30N4O3S/c1-18(2)21-8-6-20(7-9-21)16-24-25-23(28)17-26-12-14-27(15-13-26)31(29,30)22-10-4-19(3)5-11-22/h4-11,16,18H,12-15,17H2,1-3H3,(H,25,28)/b24-16+. The molecular formula is C23H30N4O3S. The predicted molar refractivity (Wildman–Crippen MR) is 123 cm³/mol. The van der Waals surface area contributed by atoms with Crippen molar-refractivity contribution >= 4 is 22.1 Å². The Hall–Kier alpha value is -2.55. The first-order valence-corrected chi connectivity index (χ1v) is 11.9. The fraction of sp³-hybridized carbons (Fsp3) is 0.391. The van der Waals surface area contributed by atoms with Crippen molar-refractivity contribution < 1.29 is 13.2 Å². The molecule has 0 saturated carbocycles. The molecule has 2 aromatic rings. The number of benzene rings is 2. The lowest BCUT2D eigenvalue weighted by atomic mass is 10.0. The number of carbonyl (C=O) groups excluding carboxylic acids is 1. The summed E-state index contributed by atoms with van der Waals surface area (Å²) in [6, 6.07) is 14.9. The van der Waals surface area contributed by atoms with Crippen molar-refractivity contribution in [2.75, 3.05) is 32.7 Å². The molecule has 1 aliphatic rings. The lowest BCUT2D eigenvalue weighted by Crippen LogP contribution is -2.50. The summed E-state index contributed by atoms with van der Waals surface area (Å²) >= 11 is 0. The van der Waals surface area contributed by atoms with Crippen molar-refractivity contribution in [3.63, 3.8) is 0 Å². The van der Waals surface area contributed by atoms with Crippen LogP contribution in [0.1, 0.15) is 36.5 Å². The number of hydrogen-bond donors (Lipinski definition) is 1. The molecule has 31 heavy (non-hydrogen) atoms. The third-order valence-electron chi connectivity index (χ3n) is 5.36. The second kappa shape index (κ2) is 10.2. The van der Waals surface area contributed by atoms with Crippen molar-refractivity contribution in [2.24, 2.45) is 5.10 Å². The molecule has 3 rings (SSSR count). The highest BCUT2D eigenvalue weighted by molar-refractivity contribution is 7.89. The molecule has 7 nitrogen and oxygen atoms in total. The number of hydrogen-bond acceptors (Lipinski definition) is 5. The van der Waals surface area contributed by atoms with Gasteiger partial charge in [0.15, 0.2) is 0 Å². The van der Waals surface area contributed by atoms with E-state index < -0.39 is 10.0 Å². The van der Waals surface area contributed by atoms with E-state index in [0.29, 0.717) is 37.0 Å². The van der Waals surface area contributed by atoms with Gasteiger partial charge in [0, 0.05) is 26.2 Å². The van der Waals surface area contributed by atoms with Crippen LogP contribution in [0.25, 0.3) is 0 Å². The average Bonchev–Trinajstić information content (AvgIpc) is 2.75. The zero-order valence-corrected chi connectivity index (χ0v) is 19.1. The third-order valence-corrected chi connectivity index (χ3v) is 7.28. The first kappa shape index (κ1) is 23.1. The van der Waals surface area contributed by atoms with Crippen molar-refractivity contribution in [1.82, 2.24) is 14.6 Å². The van der Waals surface area contributed by atoms with Gasteiger partial charge in [-0.3, -0.25) is 9.69 Å². The highest BCUT2D eigenvalue weighted by atomic mass is 32.2. The van der Waals surface area contributed by atoms with E-state index in [4.69, 9.17) is 0 Å². The topological polar surface area (TPSA) is 82.1 Å². The fourth-order valence-electron chi connectivity index (χ4n) is 3.37. The van der Waals surface area contributed by atoms with Gasteiger partial charge in [-0.25, -0.2) is 13.8 Å². The van der Waals surface area contributed by atoms with Crippen LogP contribution in [0.4, 0.5) is 0 Å². The van der Waals surface area contributed by atoms with Crippen molar-refractivity contribution in [2.45, 2.75) is 31.6 Å². The minimum absolute atomic E-state index is 0.183. The van der Waals surface area contributed by atoms with E-state index in [0.717, 1.165) is 11.1 Å². The SMILES string of the molecule is Cc1ccc(S(=O)(=O)N2CCN(CC(=O)N/N=C/c3ccc(C(C)C)cc3)CC2)cc1. The summed E-state index contributed by atoms with van der Waals surface area (Å²) in [5, 5.41) is 4.02. The number of hydrazone groups is 1. The number of nitrogens with zero attached hydrogens (tertiary/aromatic N) is 3. The molecule has 0 aromatic heterocycles. The molecule has 0 radical (unpaired) electrons. The first-order valence-electron chi connectivity index (χ1n) is 10.5. The van der Waals surface area contributed by atoms with Crippen LogP contribution in [0, 0.1) is 6.92 Å². The van der Waals surface area contributed by atoms with Crippen LogP contribution >= 0.6 is 0 Å². The number of aryl methyl sites for hydroxylation is 1. The first-order chi connectivity index (χ1) is 14.8. The largest absolute Gasteiger partial charge is 0.292 e. The molecule has 166 valence electrons. The van der Waals surface area contributed by atoms with Crippen LogP contribution in [0.5, 0.6) is 0 Å². The Balaban J connectivity index is 1.46. The summed E-state index contributed by atoms with van der Waals surface area (Å²) in [6.07, 6.45) is 1.62. The highest BCUT2D eigenvalue weighted by Crippen LogP contribution is 2.18. The predicted octanol–water partition coefficient (Wildman–Crippen LogP) is 2.58. The van der Waals surface area contributed by atoms with Gasteiger partial charge < -0.3 is 0 Å². The number of piperazine rings is 1. The van der Waals surface area contributed by atoms with Gasteiger partial charge in [-0.15, -0.1) is 0 Å². The monoisotopic (exact) mass is 442 g/mol. The molecule has 1 heterocycles. The smallest absolute Gasteiger partial charge is 0.254 e. The van der Waals surface area contributed by atoms with E-state index >= 15 is 0 Å². The summed E-state index contributed by atoms with van der Waals surface area (Å²) in [7, 11) is -3.50. The van der Waals surface area contributed by atoms with Crippen molar-refractivity contribution in [3.05, 3.63) is 65.2 Å². The number of rotatable bonds is 7. The van der Waals surface area contributed by atoms with Crippen molar-refractivity contribution in [1.29, 1.82) is 0 Å². The molecule has 0 bridgehead atoms. The maximum Gasteiger partial charge on any atom is 0.254 e. The summed E-state index contributed by atoms with van der Waals surface area (Å²) in [5.41, 5.74) is 5.73. The van der Waals surface area contributed by atoms with Gasteiger partial charge in [0.2, 0.25) is 10.0 Å². The highest BCUT2D eigenvalue weighted by Gasteiger charge is 2.28. The lowest BCUT2D eigenvalue weighted by molar-refractivity contribution is -0.122. The van der Waals surface area contributed by atoms with Crippen LogP contribution in [0.2, 0.25) is 0 Å². The Kier molecular flexibility index (Phi) is 7.59. The van der Waals surface area contributed by atoms with Gasteiger partial charge in [0.05, 0.1) is 17.7 Å². The zero-order valence-electron chi connectivity index (χ0n) is 18.3. The molecule has 0 atom stereocenters. The number of nitrogens with one attached hydrogen (secondary N) is 1. The van der Waals surface area contributed by atoms with E-state index in [1.54, 1.807) is 30.5 Å². The molecule has 0 unspecified atom stereocenters. The van der Waals surface area contributed by atoms with Crippen LogP contribution in [-0.4, -0.2) is 62.5 Å². The summed E-state index contributed by atoms with van der Waals surface area (Å²) in [5.74, 6) is 0.253. The normalized spacial score (nSPS) is 16.1.